The highest BCUT2D eigenvalue weighted by Crippen LogP contribution is 2.08. The van der Waals surface area contributed by atoms with Gasteiger partial charge in [-0.1, -0.05) is 12.1 Å². The number of halogens is 1. The van der Waals surface area contributed by atoms with Crippen molar-refractivity contribution in [2.24, 2.45) is 0 Å². The molecule has 0 spiro atoms. The van der Waals surface area contributed by atoms with Crippen LogP contribution in [0.5, 0.6) is 0 Å². The van der Waals surface area contributed by atoms with Crippen molar-refractivity contribution in [3.8, 4) is 0 Å². The molecule has 5 heteroatoms. The molecule has 0 bridgehead atoms. The zero-order valence-corrected chi connectivity index (χ0v) is 7.18. The predicted octanol–water partition coefficient (Wildman–Crippen LogP) is 1.44. The molecule has 0 aliphatic heterocycles. The molecular formula is C9H8FNO3. The lowest BCUT2D eigenvalue weighted by atomic mass is 10.2. The maximum absolute atomic E-state index is 12.5. The molecule has 0 aromatic heterocycles. The number of nitro groups is 1. The average molecular weight is 197 g/mol. The van der Waals surface area contributed by atoms with E-state index < -0.39 is 17.3 Å². The first-order valence-corrected chi connectivity index (χ1v) is 3.85. The van der Waals surface area contributed by atoms with Gasteiger partial charge in [0.05, 0.1) is 4.92 Å². The van der Waals surface area contributed by atoms with Gasteiger partial charge in [0, 0.05) is 6.08 Å². The number of nitrogens with zero attached hydrogens (tertiary/aromatic N) is 1. The summed E-state index contributed by atoms with van der Waals surface area (Å²) in [4.78, 5) is 9.63. The van der Waals surface area contributed by atoms with Gasteiger partial charge in [-0.25, -0.2) is 4.39 Å². The number of rotatable bonds is 3. The highest BCUT2D eigenvalue weighted by Gasteiger charge is 2.07. The van der Waals surface area contributed by atoms with Gasteiger partial charge in [0.25, 0.3) is 5.70 Å². The molecule has 0 unspecified atom stereocenters. The van der Waals surface area contributed by atoms with Gasteiger partial charge in [-0.3, -0.25) is 10.1 Å². The van der Waals surface area contributed by atoms with Crippen molar-refractivity contribution in [3.63, 3.8) is 0 Å². The average Bonchev–Trinajstić information content (AvgIpc) is 2.16. The van der Waals surface area contributed by atoms with Crippen LogP contribution in [0.4, 0.5) is 4.39 Å². The molecule has 0 aliphatic carbocycles. The van der Waals surface area contributed by atoms with Gasteiger partial charge < -0.3 is 5.11 Å². The molecule has 0 aliphatic rings. The number of hydrogen-bond donors (Lipinski definition) is 1. The van der Waals surface area contributed by atoms with E-state index in [9.17, 15) is 14.5 Å². The smallest absolute Gasteiger partial charge is 0.271 e. The summed E-state index contributed by atoms with van der Waals surface area (Å²) in [7, 11) is 0. The van der Waals surface area contributed by atoms with Gasteiger partial charge in [-0.15, -0.1) is 0 Å². The topological polar surface area (TPSA) is 63.4 Å². The summed E-state index contributed by atoms with van der Waals surface area (Å²) < 4.78 is 12.5. The van der Waals surface area contributed by atoms with Crippen LogP contribution in [0.25, 0.3) is 6.08 Å². The van der Waals surface area contributed by atoms with Crippen molar-refractivity contribution in [3.05, 3.63) is 51.5 Å². The molecule has 0 fully saturated rings. The van der Waals surface area contributed by atoms with Crippen molar-refractivity contribution in [1.82, 2.24) is 0 Å². The molecule has 0 saturated heterocycles. The minimum absolute atomic E-state index is 0.323. The van der Waals surface area contributed by atoms with E-state index in [0.29, 0.717) is 5.56 Å². The van der Waals surface area contributed by atoms with Crippen LogP contribution < -0.4 is 0 Å². The molecule has 0 atom stereocenters. The molecule has 1 aromatic carbocycles. The molecule has 4 nitrogen and oxygen atoms in total. The highest BCUT2D eigenvalue weighted by molar-refractivity contribution is 5.50. The zero-order valence-electron chi connectivity index (χ0n) is 7.18. The van der Waals surface area contributed by atoms with E-state index in [-0.39, 0.29) is 5.70 Å². The van der Waals surface area contributed by atoms with E-state index in [1.54, 1.807) is 0 Å². The van der Waals surface area contributed by atoms with Crippen molar-refractivity contribution in [2.75, 3.05) is 6.61 Å². The summed E-state index contributed by atoms with van der Waals surface area (Å²) >= 11 is 0. The Balaban J connectivity index is 2.95. The fraction of sp³-hybridized carbons (Fsp3) is 0.111. The summed E-state index contributed by atoms with van der Waals surface area (Å²) in [5, 5.41) is 18.9. The maximum Gasteiger partial charge on any atom is 0.271 e. The van der Waals surface area contributed by atoms with Gasteiger partial charge in [-0.05, 0) is 17.7 Å². The van der Waals surface area contributed by atoms with Crippen LogP contribution >= 0.6 is 0 Å². The monoisotopic (exact) mass is 197 g/mol. The van der Waals surface area contributed by atoms with Crippen LogP contribution in [0.3, 0.4) is 0 Å². The SMILES string of the molecule is O=[N+]([O-])/C(=C/c1ccc(F)cc1)CO. The van der Waals surface area contributed by atoms with Gasteiger partial charge in [0.15, 0.2) is 0 Å². The van der Waals surface area contributed by atoms with E-state index in [0.717, 1.165) is 0 Å². The fourth-order valence-corrected chi connectivity index (χ4v) is 0.907. The van der Waals surface area contributed by atoms with E-state index >= 15 is 0 Å². The van der Waals surface area contributed by atoms with Gasteiger partial charge in [0.1, 0.15) is 12.4 Å². The van der Waals surface area contributed by atoms with Crippen molar-refractivity contribution >= 4 is 6.08 Å². The summed E-state index contributed by atoms with van der Waals surface area (Å²) in [5.41, 5.74) is 0.156. The summed E-state index contributed by atoms with van der Waals surface area (Å²) in [6.45, 7) is -0.648. The zero-order chi connectivity index (χ0) is 10.6. The van der Waals surface area contributed by atoms with Crippen LogP contribution in [0.2, 0.25) is 0 Å². The molecule has 1 N–H and O–H groups in total. The lowest BCUT2D eigenvalue weighted by molar-refractivity contribution is -0.428. The summed E-state index contributed by atoms with van der Waals surface area (Å²) in [6.07, 6.45) is 1.19. The predicted molar refractivity (Wildman–Crippen MR) is 48.5 cm³/mol. The summed E-state index contributed by atoms with van der Waals surface area (Å²) in [6, 6.07) is 5.19. The Hall–Kier alpha value is -1.75. The van der Waals surface area contributed by atoms with Gasteiger partial charge >= 0.3 is 0 Å². The second-order valence-electron chi connectivity index (χ2n) is 2.60. The van der Waals surface area contributed by atoms with E-state index in [1.165, 1.54) is 30.3 Å². The summed E-state index contributed by atoms with van der Waals surface area (Å²) in [5.74, 6) is -0.409. The Morgan fingerprint density at radius 1 is 1.50 bits per heavy atom. The Morgan fingerprint density at radius 3 is 2.50 bits per heavy atom. The van der Waals surface area contributed by atoms with E-state index in [4.69, 9.17) is 5.11 Å². The molecule has 0 amide bonds. The Morgan fingerprint density at radius 2 is 2.07 bits per heavy atom. The lowest BCUT2D eigenvalue weighted by Gasteiger charge is -1.94. The van der Waals surface area contributed by atoms with Crippen molar-refractivity contribution < 1.29 is 14.4 Å². The largest absolute Gasteiger partial charge is 0.385 e. The second-order valence-corrected chi connectivity index (χ2v) is 2.60. The number of benzene rings is 1. The molecule has 1 rings (SSSR count). The first kappa shape index (κ1) is 10.3. The van der Waals surface area contributed by atoms with Crippen LogP contribution in [0.1, 0.15) is 5.56 Å². The normalized spacial score (nSPS) is 11.4. The Kier molecular flexibility index (Phi) is 3.30. The van der Waals surface area contributed by atoms with Gasteiger partial charge in [0.2, 0.25) is 0 Å². The van der Waals surface area contributed by atoms with E-state index in [1.807, 2.05) is 0 Å². The van der Waals surface area contributed by atoms with Crippen LogP contribution in [-0.4, -0.2) is 16.6 Å². The molecule has 14 heavy (non-hydrogen) atoms. The number of aliphatic hydroxyl groups excluding tert-OH is 1. The third-order valence-electron chi connectivity index (χ3n) is 1.60. The van der Waals surface area contributed by atoms with Crippen LogP contribution in [0, 0.1) is 15.9 Å². The lowest BCUT2D eigenvalue weighted by Crippen LogP contribution is -2.02. The van der Waals surface area contributed by atoms with Crippen LogP contribution in [0.15, 0.2) is 30.0 Å². The maximum atomic E-state index is 12.5. The second kappa shape index (κ2) is 4.48. The third kappa shape index (κ3) is 2.63. The number of aliphatic hydroxyl groups is 1. The van der Waals surface area contributed by atoms with Gasteiger partial charge in [-0.2, -0.15) is 0 Å². The highest BCUT2D eigenvalue weighted by atomic mass is 19.1. The Labute approximate surface area is 79.4 Å². The minimum Gasteiger partial charge on any atom is -0.385 e. The first-order chi connectivity index (χ1) is 6.63. The minimum atomic E-state index is -0.677. The quantitative estimate of drug-likeness (QED) is 0.589. The molecule has 1 aromatic rings. The van der Waals surface area contributed by atoms with Crippen LogP contribution in [-0.2, 0) is 0 Å². The third-order valence-corrected chi connectivity index (χ3v) is 1.60. The first-order valence-electron chi connectivity index (χ1n) is 3.85. The fourth-order valence-electron chi connectivity index (χ4n) is 0.907. The van der Waals surface area contributed by atoms with Crippen molar-refractivity contribution in [2.45, 2.75) is 0 Å². The molecule has 74 valence electrons. The molecule has 0 radical (unpaired) electrons. The molecule has 0 heterocycles. The Bertz CT molecular complexity index is 359. The standard InChI is InChI=1S/C9H8FNO3/c10-8-3-1-7(2-4-8)5-9(6-12)11(13)14/h1-5,12H,6H2/b9-5+. The van der Waals surface area contributed by atoms with Crippen molar-refractivity contribution in [1.29, 1.82) is 0 Å². The molecule has 0 saturated carbocycles. The molecular weight excluding hydrogens is 189 g/mol. The number of hydrogen-bond acceptors (Lipinski definition) is 3. The van der Waals surface area contributed by atoms with E-state index in [2.05, 4.69) is 0 Å².